The van der Waals surface area contributed by atoms with Gasteiger partial charge in [0.2, 0.25) is 11.8 Å². The molecule has 1 saturated heterocycles. The summed E-state index contributed by atoms with van der Waals surface area (Å²) < 4.78 is 4.90. The van der Waals surface area contributed by atoms with Gasteiger partial charge in [-0.3, -0.25) is 9.59 Å². The number of halogens is 1. The largest absolute Gasteiger partial charge is 0.360 e. The molecule has 1 aromatic heterocycles. The molecule has 2 unspecified atom stereocenters. The minimum Gasteiger partial charge on any atom is -0.360 e. The van der Waals surface area contributed by atoms with Crippen molar-refractivity contribution in [3.05, 3.63) is 11.8 Å². The molecule has 7 nitrogen and oxygen atoms in total. The van der Waals surface area contributed by atoms with E-state index in [0.717, 1.165) is 25.8 Å². The second-order valence-corrected chi connectivity index (χ2v) is 7.07. The summed E-state index contributed by atoms with van der Waals surface area (Å²) in [6.45, 7) is 4.79. The van der Waals surface area contributed by atoms with Crippen LogP contribution in [0.25, 0.3) is 0 Å². The molecule has 2 atom stereocenters. The first-order chi connectivity index (χ1) is 11.0. The molecule has 3 N–H and O–H groups in total. The average Bonchev–Trinajstić information content (AvgIpc) is 2.96. The summed E-state index contributed by atoms with van der Waals surface area (Å²) in [5.41, 5.74) is 5.74. The number of aryl methyl sites for hydroxylation is 1. The van der Waals surface area contributed by atoms with Crippen LogP contribution in [0.3, 0.4) is 0 Å². The summed E-state index contributed by atoms with van der Waals surface area (Å²) in [6.07, 6.45) is 3.11. The number of carbonyl (C=O) groups is 2. The van der Waals surface area contributed by atoms with Crippen LogP contribution in [0.1, 0.15) is 31.9 Å². The van der Waals surface area contributed by atoms with E-state index in [1.807, 2.05) is 4.90 Å². The third-order valence-electron chi connectivity index (χ3n) is 3.92. The highest BCUT2D eigenvalue weighted by molar-refractivity contribution is 8.01. The van der Waals surface area contributed by atoms with E-state index < -0.39 is 0 Å². The van der Waals surface area contributed by atoms with Gasteiger partial charge in [-0.1, -0.05) is 5.16 Å². The molecule has 2 rings (SSSR count). The lowest BCUT2D eigenvalue weighted by molar-refractivity contribution is -0.131. The highest BCUT2D eigenvalue weighted by Crippen LogP contribution is 2.20. The number of aromatic nitrogens is 1. The molecule has 0 radical (unpaired) electrons. The van der Waals surface area contributed by atoms with Gasteiger partial charge in [0, 0.05) is 25.2 Å². The third kappa shape index (κ3) is 5.68. The van der Waals surface area contributed by atoms with Gasteiger partial charge in [0.1, 0.15) is 5.76 Å². The number of nitrogens with one attached hydrogen (secondary N) is 1. The summed E-state index contributed by atoms with van der Waals surface area (Å²) in [5.74, 6) is 1.18. The monoisotopic (exact) mass is 376 g/mol. The molecule has 2 amide bonds. The van der Waals surface area contributed by atoms with E-state index in [0.29, 0.717) is 18.1 Å². The highest BCUT2D eigenvalue weighted by Gasteiger charge is 2.26. The van der Waals surface area contributed by atoms with E-state index in [1.54, 1.807) is 19.9 Å². The van der Waals surface area contributed by atoms with Crippen molar-refractivity contribution in [2.24, 2.45) is 5.73 Å². The van der Waals surface area contributed by atoms with Crippen LogP contribution in [0.4, 0.5) is 5.82 Å². The van der Waals surface area contributed by atoms with Gasteiger partial charge in [-0.15, -0.1) is 24.2 Å². The second-order valence-electron chi connectivity index (χ2n) is 5.74. The van der Waals surface area contributed by atoms with Crippen LogP contribution in [0.5, 0.6) is 0 Å². The normalized spacial score (nSPS) is 18.6. The van der Waals surface area contributed by atoms with Gasteiger partial charge in [0.05, 0.1) is 11.0 Å². The van der Waals surface area contributed by atoms with Crippen LogP contribution < -0.4 is 11.1 Å². The molecule has 1 fully saturated rings. The average molecular weight is 377 g/mol. The fourth-order valence-electron chi connectivity index (χ4n) is 2.58. The van der Waals surface area contributed by atoms with E-state index in [1.165, 1.54) is 11.8 Å². The Bertz CT molecular complexity index is 555. The summed E-state index contributed by atoms with van der Waals surface area (Å²) in [5, 5.41) is 6.05. The minimum atomic E-state index is -0.350. The number of rotatable bonds is 6. The predicted octanol–water partition coefficient (Wildman–Crippen LogP) is 1.80. The SMILES string of the molecule is Cc1cc(NC(=O)C(C)SCC(=O)N2CCCCC2CN)no1.Cl. The first-order valence-corrected chi connectivity index (χ1v) is 8.91. The van der Waals surface area contributed by atoms with Gasteiger partial charge in [-0.25, -0.2) is 0 Å². The fraction of sp³-hybridized carbons (Fsp3) is 0.667. The number of carbonyl (C=O) groups excluding carboxylic acids is 2. The molecule has 1 aliphatic rings. The second kappa shape index (κ2) is 9.90. The van der Waals surface area contributed by atoms with E-state index in [4.69, 9.17) is 10.3 Å². The van der Waals surface area contributed by atoms with Gasteiger partial charge in [0.15, 0.2) is 5.82 Å². The van der Waals surface area contributed by atoms with Crippen molar-refractivity contribution in [3.63, 3.8) is 0 Å². The van der Waals surface area contributed by atoms with E-state index in [2.05, 4.69) is 10.5 Å². The van der Waals surface area contributed by atoms with E-state index in [9.17, 15) is 9.59 Å². The standard InChI is InChI=1S/C15H24N4O3S.ClH/c1-10-7-13(18-22-10)17-15(21)11(2)23-9-14(20)19-6-4-3-5-12(19)8-16;/h7,11-12H,3-6,8-9,16H2,1-2H3,(H,17,18,21);1H. The number of amides is 2. The van der Waals surface area contributed by atoms with Crippen molar-refractivity contribution < 1.29 is 14.1 Å². The summed E-state index contributed by atoms with van der Waals surface area (Å²) in [7, 11) is 0. The molecule has 9 heteroatoms. The zero-order valence-corrected chi connectivity index (χ0v) is 15.6. The molecule has 0 aromatic carbocycles. The Morgan fingerprint density at radius 1 is 1.54 bits per heavy atom. The predicted molar refractivity (Wildman–Crippen MR) is 97.4 cm³/mol. The first-order valence-electron chi connectivity index (χ1n) is 7.86. The Balaban J connectivity index is 0.00000288. The molecule has 2 heterocycles. The summed E-state index contributed by atoms with van der Waals surface area (Å²) >= 11 is 1.32. The Morgan fingerprint density at radius 2 is 2.29 bits per heavy atom. The van der Waals surface area contributed by atoms with E-state index in [-0.39, 0.29) is 41.3 Å². The molecule has 1 aromatic rings. The topological polar surface area (TPSA) is 101 Å². The van der Waals surface area contributed by atoms with Gasteiger partial charge >= 0.3 is 0 Å². The van der Waals surface area contributed by atoms with Crippen molar-refractivity contribution in [2.75, 3.05) is 24.2 Å². The van der Waals surface area contributed by atoms with Crippen LogP contribution in [0.15, 0.2) is 10.6 Å². The van der Waals surface area contributed by atoms with Crippen LogP contribution in [-0.4, -0.2) is 52.0 Å². The maximum Gasteiger partial charge on any atom is 0.238 e. The number of hydrogen-bond donors (Lipinski definition) is 2. The zero-order valence-electron chi connectivity index (χ0n) is 14.0. The molecule has 24 heavy (non-hydrogen) atoms. The van der Waals surface area contributed by atoms with Crippen LogP contribution in [0, 0.1) is 6.92 Å². The van der Waals surface area contributed by atoms with Gasteiger partial charge in [-0.2, -0.15) is 0 Å². The molecule has 1 aliphatic heterocycles. The van der Waals surface area contributed by atoms with E-state index >= 15 is 0 Å². The smallest absolute Gasteiger partial charge is 0.238 e. The summed E-state index contributed by atoms with van der Waals surface area (Å²) in [4.78, 5) is 26.3. The number of anilines is 1. The minimum absolute atomic E-state index is 0. The van der Waals surface area contributed by atoms with Crippen molar-refractivity contribution in [1.29, 1.82) is 0 Å². The Labute approximate surface area is 152 Å². The Hall–Kier alpha value is -1.25. The quantitative estimate of drug-likeness (QED) is 0.785. The third-order valence-corrected chi connectivity index (χ3v) is 5.05. The maximum atomic E-state index is 12.3. The molecular formula is C15H25ClN4O3S. The lowest BCUT2D eigenvalue weighted by atomic mass is 10.0. The molecule has 0 saturated carbocycles. The first kappa shape index (κ1) is 20.8. The van der Waals surface area contributed by atoms with Gasteiger partial charge in [0.25, 0.3) is 0 Å². The lowest BCUT2D eigenvalue weighted by Gasteiger charge is -2.35. The molecular weight excluding hydrogens is 352 g/mol. The van der Waals surface area contributed by atoms with Gasteiger partial charge < -0.3 is 20.5 Å². The Kier molecular flexibility index (Phi) is 8.58. The van der Waals surface area contributed by atoms with Crippen molar-refractivity contribution in [2.45, 2.75) is 44.4 Å². The van der Waals surface area contributed by atoms with Crippen molar-refractivity contribution in [1.82, 2.24) is 10.1 Å². The zero-order chi connectivity index (χ0) is 16.8. The molecule has 0 spiro atoms. The van der Waals surface area contributed by atoms with Crippen molar-refractivity contribution in [3.8, 4) is 0 Å². The van der Waals surface area contributed by atoms with Crippen LogP contribution in [-0.2, 0) is 9.59 Å². The molecule has 0 aliphatic carbocycles. The number of likely N-dealkylation sites (tertiary alicyclic amines) is 1. The fourth-order valence-corrected chi connectivity index (χ4v) is 3.35. The Morgan fingerprint density at radius 3 is 2.92 bits per heavy atom. The number of piperidine rings is 1. The number of hydrogen-bond acceptors (Lipinski definition) is 6. The van der Waals surface area contributed by atoms with Crippen LogP contribution >= 0.6 is 24.2 Å². The summed E-state index contributed by atoms with van der Waals surface area (Å²) in [6, 6.07) is 1.79. The van der Waals surface area contributed by atoms with Crippen molar-refractivity contribution >= 4 is 41.8 Å². The van der Waals surface area contributed by atoms with Crippen LogP contribution in [0.2, 0.25) is 0 Å². The van der Waals surface area contributed by atoms with Gasteiger partial charge in [-0.05, 0) is 33.1 Å². The number of thioether (sulfide) groups is 1. The molecule has 0 bridgehead atoms. The number of nitrogens with two attached hydrogens (primary N) is 1. The lowest BCUT2D eigenvalue weighted by Crippen LogP contribution is -2.48. The molecule has 136 valence electrons. The number of nitrogens with zero attached hydrogens (tertiary/aromatic N) is 2. The highest BCUT2D eigenvalue weighted by atomic mass is 35.5. The maximum absolute atomic E-state index is 12.3.